The van der Waals surface area contributed by atoms with Crippen molar-refractivity contribution in [2.24, 2.45) is 0 Å². The fourth-order valence-electron chi connectivity index (χ4n) is 3.33. The van der Waals surface area contributed by atoms with Crippen LogP contribution >= 0.6 is 0 Å². The maximum Gasteiger partial charge on any atom is 0.245 e. The molecule has 1 aromatic carbocycles. The van der Waals surface area contributed by atoms with E-state index >= 15 is 0 Å². The number of benzene rings is 1. The summed E-state index contributed by atoms with van der Waals surface area (Å²) in [6, 6.07) is 10.3. The summed E-state index contributed by atoms with van der Waals surface area (Å²) in [5.74, 6) is 0.212. The fourth-order valence-corrected chi connectivity index (χ4v) is 3.33. The topological polar surface area (TPSA) is 35.6 Å². The van der Waals surface area contributed by atoms with Crippen LogP contribution in [-0.2, 0) is 4.79 Å². The minimum Gasteiger partial charge on any atom is -0.324 e. The van der Waals surface area contributed by atoms with Gasteiger partial charge in [0.2, 0.25) is 5.91 Å². The highest BCUT2D eigenvalue weighted by Gasteiger charge is 2.39. The third kappa shape index (κ3) is 2.45. The Bertz CT molecular complexity index is 476. The first-order chi connectivity index (χ1) is 9.66. The van der Waals surface area contributed by atoms with Crippen molar-refractivity contribution in [3.05, 3.63) is 35.9 Å². The number of hydrogen-bond acceptors (Lipinski definition) is 3. The molecule has 2 heterocycles. The second kappa shape index (κ2) is 5.54. The molecule has 3 atom stereocenters. The molecule has 2 aliphatic heterocycles. The lowest BCUT2D eigenvalue weighted by atomic mass is 10.1. The Labute approximate surface area is 120 Å². The van der Waals surface area contributed by atoms with Crippen LogP contribution < -0.4 is 5.32 Å². The van der Waals surface area contributed by atoms with E-state index in [1.807, 2.05) is 35.2 Å². The summed E-state index contributed by atoms with van der Waals surface area (Å²) in [5, 5.41) is 3.42. The highest BCUT2D eigenvalue weighted by molar-refractivity contribution is 5.85. The van der Waals surface area contributed by atoms with E-state index in [0.29, 0.717) is 6.04 Å². The molecule has 3 rings (SSSR count). The molecule has 3 unspecified atom stereocenters. The Hall–Kier alpha value is -1.39. The smallest absolute Gasteiger partial charge is 0.245 e. The average Bonchev–Trinajstić information content (AvgIpc) is 2.98. The summed E-state index contributed by atoms with van der Waals surface area (Å²) in [6.45, 7) is 4.07. The Morgan fingerprint density at radius 2 is 2.05 bits per heavy atom. The van der Waals surface area contributed by atoms with Crippen LogP contribution in [0.3, 0.4) is 0 Å². The SMILES string of the molecule is CC1NC(c2ccccc2)C(=O)N1CC1CCCN1C. The molecule has 2 aliphatic rings. The van der Waals surface area contributed by atoms with Gasteiger partial charge in [-0.05, 0) is 38.9 Å². The maximum atomic E-state index is 12.7. The summed E-state index contributed by atoms with van der Waals surface area (Å²) in [4.78, 5) is 17.0. The molecule has 108 valence electrons. The van der Waals surface area contributed by atoms with Gasteiger partial charge >= 0.3 is 0 Å². The van der Waals surface area contributed by atoms with E-state index in [1.54, 1.807) is 0 Å². The van der Waals surface area contributed by atoms with Gasteiger partial charge in [-0.15, -0.1) is 0 Å². The first-order valence-electron chi connectivity index (χ1n) is 7.48. The summed E-state index contributed by atoms with van der Waals surface area (Å²) in [7, 11) is 2.16. The van der Waals surface area contributed by atoms with E-state index in [1.165, 1.54) is 12.8 Å². The molecule has 0 radical (unpaired) electrons. The van der Waals surface area contributed by atoms with Gasteiger partial charge in [-0.25, -0.2) is 0 Å². The number of rotatable bonds is 3. The Morgan fingerprint density at radius 1 is 1.30 bits per heavy atom. The van der Waals surface area contributed by atoms with Crippen molar-refractivity contribution in [2.45, 2.75) is 38.0 Å². The second-order valence-corrected chi connectivity index (χ2v) is 5.95. The van der Waals surface area contributed by atoms with Gasteiger partial charge in [0, 0.05) is 12.6 Å². The Morgan fingerprint density at radius 3 is 2.70 bits per heavy atom. The van der Waals surface area contributed by atoms with Crippen molar-refractivity contribution in [1.29, 1.82) is 0 Å². The molecule has 0 aliphatic carbocycles. The predicted octanol–water partition coefficient (Wildman–Crippen LogP) is 1.60. The zero-order valence-electron chi connectivity index (χ0n) is 12.2. The fraction of sp³-hybridized carbons (Fsp3) is 0.562. The summed E-state index contributed by atoms with van der Waals surface area (Å²) in [5.41, 5.74) is 1.06. The molecule has 2 saturated heterocycles. The van der Waals surface area contributed by atoms with E-state index in [9.17, 15) is 4.79 Å². The van der Waals surface area contributed by atoms with Crippen LogP contribution in [-0.4, -0.2) is 48.1 Å². The van der Waals surface area contributed by atoms with Crippen LogP contribution in [0, 0.1) is 0 Å². The molecule has 0 saturated carbocycles. The Balaban J connectivity index is 1.72. The quantitative estimate of drug-likeness (QED) is 0.908. The molecule has 4 nitrogen and oxygen atoms in total. The monoisotopic (exact) mass is 273 g/mol. The van der Waals surface area contributed by atoms with Crippen molar-refractivity contribution < 1.29 is 4.79 Å². The third-order valence-corrected chi connectivity index (χ3v) is 4.62. The molecule has 1 aromatic rings. The van der Waals surface area contributed by atoms with Crippen LogP contribution in [0.15, 0.2) is 30.3 Å². The zero-order valence-corrected chi connectivity index (χ0v) is 12.2. The van der Waals surface area contributed by atoms with E-state index in [2.05, 4.69) is 24.2 Å². The lowest BCUT2D eigenvalue weighted by Gasteiger charge is -2.28. The second-order valence-electron chi connectivity index (χ2n) is 5.95. The number of likely N-dealkylation sites (tertiary alicyclic amines) is 1. The molecule has 0 bridgehead atoms. The van der Waals surface area contributed by atoms with Gasteiger partial charge < -0.3 is 9.80 Å². The summed E-state index contributed by atoms with van der Waals surface area (Å²) in [6.07, 6.45) is 2.55. The zero-order chi connectivity index (χ0) is 14.1. The molecular formula is C16H23N3O. The van der Waals surface area contributed by atoms with Crippen molar-refractivity contribution in [3.8, 4) is 0 Å². The highest BCUT2D eigenvalue weighted by atomic mass is 16.2. The van der Waals surface area contributed by atoms with Crippen LogP contribution in [0.1, 0.15) is 31.4 Å². The maximum absolute atomic E-state index is 12.7. The van der Waals surface area contributed by atoms with Gasteiger partial charge in [0.15, 0.2) is 0 Å². The van der Waals surface area contributed by atoms with Crippen LogP contribution in [0.25, 0.3) is 0 Å². The molecule has 0 spiro atoms. The van der Waals surface area contributed by atoms with E-state index in [-0.39, 0.29) is 18.1 Å². The van der Waals surface area contributed by atoms with Crippen LogP contribution in [0.5, 0.6) is 0 Å². The van der Waals surface area contributed by atoms with Crippen LogP contribution in [0.4, 0.5) is 0 Å². The standard InChI is InChI=1S/C16H23N3O/c1-12-17-15(13-7-4-3-5-8-13)16(20)19(12)11-14-9-6-10-18(14)2/h3-5,7-8,12,14-15,17H,6,9-11H2,1-2H3. The first-order valence-corrected chi connectivity index (χ1v) is 7.48. The number of nitrogens with one attached hydrogen (secondary N) is 1. The lowest BCUT2D eigenvalue weighted by Crippen LogP contribution is -2.43. The van der Waals surface area contributed by atoms with E-state index in [0.717, 1.165) is 18.7 Å². The molecule has 20 heavy (non-hydrogen) atoms. The third-order valence-electron chi connectivity index (χ3n) is 4.62. The molecule has 0 aromatic heterocycles. The number of carbonyl (C=O) groups excluding carboxylic acids is 1. The predicted molar refractivity (Wildman–Crippen MR) is 79.1 cm³/mol. The van der Waals surface area contributed by atoms with Crippen molar-refractivity contribution in [2.75, 3.05) is 20.1 Å². The first kappa shape index (κ1) is 13.6. The molecule has 1 amide bonds. The number of amides is 1. The number of likely N-dealkylation sites (N-methyl/N-ethyl adjacent to an activating group) is 1. The highest BCUT2D eigenvalue weighted by Crippen LogP contribution is 2.26. The minimum atomic E-state index is -0.182. The number of carbonyl (C=O) groups is 1. The van der Waals surface area contributed by atoms with Crippen molar-refractivity contribution >= 4 is 5.91 Å². The minimum absolute atomic E-state index is 0.113. The number of hydrogen-bond donors (Lipinski definition) is 1. The van der Waals surface area contributed by atoms with Gasteiger partial charge in [-0.3, -0.25) is 10.1 Å². The van der Waals surface area contributed by atoms with Crippen LogP contribution in [0.2, 0.25) is 0 Å². The van der Waals surface area contributed by atoms with E-state index in [4.69, 9.17) is 0 Å². The van der Waals surface area contributed by atoms with Gasteiger partial charge in [-0.1, -0.05) is 30.3 Å². The van der Waals surface area contributed by atoms with Gasteiger partial charge in [0.25, 0.3) is 0 Å². The summed E-state index contributed by atoms with van der Waals surface area (Å²) < 4.78 is 0. The summed E-state index contributed by atoms with van der Waals surface area (Å²) >= 11 is 0. The average molecular weight is 273 g/mol. The van der Waals surface area contributed by atoms with Gasteiger partial charge in [-0.2, -0.15) is 0 Å². The lowest BCUT2D eigenvalue weighted by molar-refractivity contribution is -0.130. The molecule has 4 heteroatoms. The largest absolute Gasteiger partial charge is 0.324 e. The normalized spacial score (nSPS) is 31.2. The molecular weight excluding hydrogens is 250 g/mol. The van der Waals surface area contributed by atoms with Gasteiger partial charge in [0.1, 0.15) is 6.04 Å². The van der Waals surface area contributed by atoms with E-state index < -0.39 is 0 Å². The molecule has 1 N–H and O–H groups in total. The van der Waals surface area contributed by atoms with Gasteiger partial charge in [0.05, 0.1) is 6.17 Å². The van der Waals surface area contributed by atoms with Crippen molar-refractivity contribution in [1.82, 2.24) is 15.1 Å². The Kier molecular flexibility index (Phi) is 3.76. The number of nitrogens with zero attached hydrogens (tertiary/aromatic N) is 2. The molecule has 2 fully saturated rings. The van der Waals surface area contributed by atoms with Crippen molar-refractivity contribution in [3.63, 3.8) is 0 Å².